The molecule has 0 N–H and O–H groups in total. The number of aromatic nitrogens is 2. The van der Waals surface area contributed by atoms with Crippen molar-refractivity contribution in [3.05, 3.63) is 84.2 Å². The number of thioether (sulfide) groups is 1. The Morgan fingerprint density at radius 1 is 1.00 bits per heavy atom. The van der Waals surface area contributed by atoms with Crippen molar-refractivity contribution in [3.8, 4) is 0 Å². The van der Waals surface area contributed by atoms with E-state index in [0.717, 1.165) is 47.1 Å². The predicted molar refractivity (Wildman–Crippen MR) is 124 cm³/mol. The van der Waals surface area contributed by atoms with Crippen molar-refractivity contribution in [2.75, 3.05) is 13.1 Å². The molecule has 3 heterocycles. The van der Waals surface area contributed by atoms with Crippen LogP contribution in [-0.4, -0.2) is 33.4 Å². The second-order valence-electron chi connectivity index (χ2n) is 7.59. The summed E-state index contributed by atoms with van der Waals surface area (Å²) in [5.74, 6) is 1.00. The highest BCUT2D eigenvalue weighted by atomic mass is 32.2. The number of carbonyl (C=O) groups is 1. The van der Waals surface area contributed by atoms with Gasteiger partial charge < -0.3 is 9.47 Å². The van der Waals surface area contributed by atoms with Crippen LogP contribution in [0.3, 0.4) is 0 Å². The molecule has 1 aliphatic heterocycles. The Labute approximate surface area is 184 Å². The summed E-state index contributed by atoms with van der Waals surface area (Å²) in [7, 11) is 0. The molecule has 0 bridgehead atoms. The van der Waals surface area contributed by atoms with Crippen molar-refractivity contribution < 1.29 is 4.79 Å². The lowest BCUT2D eigenvalue weighted by molar-refractivity contribution is 0.0694. The average Bonchev–Trinajstić information content (AvgIpc) is 3.47. The average molecular weight is 434 g/mol. The van der Waals surface area contributed by atoms with Gasteiger partial charge in [0.2, 0.25) is 0 Å². The van der Waals surface area contributed by atoms with E-state index in [-0.39, 0.29) is 5.91 Å². The van der Waals surface area contributed by atoms with Gasteiger partial charge in [-0.25, -0.2) is 4.98 Å². The van der Waals surface area contributed by atoms with Crippen LogP contribution < -0.4 is 0 Å². The van der Waals surface area contributed by atoms with Gasteiger partial charge in [-0.1, -0.05) is 36.0 Å². The number of benzene rings is 2. The standard InChI is InChI=1S/C24H23N3OS2/c28-23(27-15-11-20(12-16-27)26-13-3-4-14-26)19-9-7-18(8-10-19)17-29-24-25-21-5-1-2-6-22(21)30-24/h1-10,13-14,20H,11-12,15-17H2. The maximum Gasteiger partial charge on any atom is 0.253 e. The number of hydrogen-bond donors (Lipinski definition) is 0. The predicted octanol–water partition coefficient (Wildman–Crippen LogP) is 5.87. The van der Waals surface area contributed by atoms with Crippen LogP contribution in [0.15, 0.2) is 77.4 Å². The lowest BCUT2D eigenvalue weighted by Crippen LogP contribution is -2.38. The van der Waals surface area contributed by atoms with Gasteiger partial charge in [-0.05, 0) is 54.8 Å². The van der Waals surface area contributed by atoms with E-state index in [0.29, 0.717) is 6.04 Å². The highest BCUT2D eigenvalue weighted by Gasteiger charge is 2.24. The molecule has 5 rings (SSSR count). The summed E-state index contributed by atoms with van der Waals surface area (Å²) in [6.07, 6.45) is 6.26. The smallest absolute Gasteiger partial charge is 0.253 e. The van der Waals surface area contributed by atoms with Crippen LogP contribution in [0, 0.1) is 0 Å². The van der Waals surface area contributed by atoms with E-state index >= 15 is 0 Å². The van der Waals surface area contributed by atoms with Crippen molar-refractivity contribution in [2.45, 2.75) is 29.0 Å². The molecule has 1 fully saturated rings. The lowest BCUT2D eigenvalue weighted by Gasteiger charge is -2.32. The number of fused-ring (bicyclic) bond motifs is 1. The first-order chi connectivity index (χ1) is 14.8. The number of nitrogens with zero attached hydrogens (tertiary/aromatic N) is 3. The lowest BCUT2D eigenvalue weighted by atomic mass is 10.0. The number of carbonyl (C=O) groups excluding carboxylic acids is 1. The quantitative estimate of drug-likeness (QED) is 0.370. The first-order valence-corrected chi connectivity index (χ1v) is 12.1. The van der Waals surface area contributed by atoms with E-state index in [1.54, 1.807) is 23.1 Å². The summed E-state index contributed by atoms with van der Waals surface area (Å²) < 4.78 is 4.57. The minimum absolute atomic E-state index is 0.145. The SMILES string of the molecule is O=C(c1ccc(CSc2nc3ccccc3s2)cc1)N1CCC(n2cccc2)CC1. The first kappa shape index (κ1) is 19.4. The van der Waals surface area contributed by atoms with Crippen LogP contribution in [0.25, 0.3) is 10.2 Å². The van der Waals surface area contributed by atoms with Crippen molar-refractivity contribution in [2.24, 2.45) is 0 Å². The summed E-state index contributed by atoms with van der Waals surface area (Å²) in [6, 6.07) is 20.9. The molecule has 2 aromatic heterocycles. The van der Waals surface area contributed by atoms with Gasteiger partial charge >= 0.3 is 0 Å². The summed E-state index contributed by atoms with van der Waals surface area (Å²) in [5.41, 5.74) is 3.05. The Balaban J connectivity index is 1.17. The molecule has 4 aromatic rings. The number of thiazole rings is 1. The monoisotopic (exact) mass is 433 g/mol. The van der Waals surface area contributed by atoms with Crippen LogP contribution in [0.5, 0.6) is 0 Å². The van der Waals surface area contributed by atoms with Gasteiger partial charge in [-0.2, -0.15) is 0 Å². The van der Waals surface area contributed by atoms with Gasteiger partial charge in [0.05, 0.1) is 10.2 Å². The van der Waals surface area contributed by atoms with Crippen LogP contribution in [0.4, 0.5) is 0 Å². The van der Waals surface area contributed by atoms with E-state index < -0.39 is 0 Å². The number of para-hydroxylation sites is 1. The van der Waals surface area contributed by atoms with Crippen LogP contribution in [-0.2, 0) is 5.75 Å². The fourth-order valence-electron chi connectivity index (χ4n) is 3.94. The maximum atomic E-state index is 12.9. The summed E-state index contributed by atoms with van der Waals surface area (Å²) in [5, 5.41) is 0. The third-order valence-electron chi connectivity index (χ3n) is 5.64. The molecule has 4 nitrogen and oxygen atoms in total. The van der Waals surface area contributed by atoms with Crippen molar-refractivity contribution >= 4 is 39.2 Å². The zero-order chi connectivity index (χ0) is 20.3. The van der Waals surface area contributed by atoms with Crippen molar-refractivity contribution in [1.82, 2.24) is 14.5 Å². The highest BCUT2D eigenvalue weighted by Crippen LogP contribution is 2.31. The number of hydrogen-bond acceptors (Lipinski definition) is 4. The Hall–Kier alpha value is -2.57. The Morgan fingerprint density at radius 2 is 1.73 bits per heavy atom. The van der Waals surface area contributed by atoms with Gasteiger partial charge in [0.1, 0.15) is 0 Å². The van der Waals surface area contributed by atoms with Gasteiger partial charge in [0.15, 0.2) is 4.34 Å². The van der Waals surface area contributed by atoms with E-state index in [1.165, 1.54) is 10.3 Å². The molecule has 0 unspecified atom stereocenters. The topological polar surface area (TPSA) is 38.1 Å². The minimum atomic E-state index is 0.145. The second-order valence-corrected chi connectivity index (χ2v) is 9.84. The molecule has 30 heavy (non-hydrogen) atoms. The van der Waals surface area contributed by atoms with E-state index in [9.17, 15) is 4.79 Å². The van der Waals surface area contributed by atoms with Crippen LogP contribution >= 0.6 is 23.1 Å². The molecular weight excluding hydrogens is 410 g/mol. The maximum absolute atomic E-state index is 12.9. The van der Waals surface area contributed by atoms with Gasteiger partial charge in [-0.3, -0.25) is 4.79 Å². The molecule has 152 valence electrons. The Kier molecular flexibility index (Phi) is 5.60. The van der Waals surface area contributed by atoms with E-state index in [2.05, 4.69) is 58.3 Å². The minimum Gasteiger partial charge on any atom is -0.351 e. The second kappa shape index (κ2) is 8.66. The third-order valence-corrected chi connectivity index (χ3v) is 7.89. The largest absolute Gasteiger partial charge is 0.351 e. The molecular formula is C24H23N3OS2. The molecule has 6 heteroatoms. The molecule has 0 saturated carbocycles. The van der Waals surface area contributed by atoms with Crippen molar-refractivity contribution in [3.63, 3.8) is 0 Å². The molecule has 1 amide bonds. The normalized spacial score (nSPS) is 15.0. The molecule has 0 spiro atoms. The number of rotatable bonds is 5. The molecule has 0 radical (unpaired) electrons. The van der Waals surface area contributed by atoms with Crippen LogP contribution in [0.1, 0.15) is 34.8 Å². The van der Waals surface area contributed by atoms with Gasteiger partial charge in [0, 0.05) is 42.8 Å². The van der Waals surface area contributed by atoms with Crippen LogP contribution in [0.2, 0.25) is 0 Å². The third kappa shape index (κ3) is 4.16. The molecule has 1 saturated heterocycles. The van der Waals surface area contributed by atoms with Gasteiger partial charge in [0.25, 0.3) is 5.91 Å². The van der Waals surface area contributed by atoms with Gasteiger partial charge in [-0.15, -0.1) is 11.3 Å². The number of amides is 1. The molecule has 0 aliphatic carbocycles. The molecule has 0 atom stereocenters. The fraction of sp³-hybridized carbons (Fsp3) is 0.250. The zero-order valence-electron chi connectivity index (χ0n) is 16.6. The highest BCUT2D eigenvalue weighted by molar-refractivity contribution is 8.00. The molecule has 2 aromatic carbocycles. The zero-order valence-corrected chi connectivity index (χ0v) is 18.2. The molecule has 1 aliphatic rings. The number of likely N-dealkylation sites (tertiary alicyclic amines) is 1. The van der Waals surface area contributed by atoms with Crippen molar-refractivity contribution in [1.29, 1.82) is 0 Å². The number of piperidine rings is 1. The summed E-state index contributed by atoms with van der Waals surface area (Å²) in [6.45, 7) is 1.63. The van der Waals surface area contributed by atoms with E-state index in [1.807, 2.05) is 29.2 Å². The summed E-state index contributed by atoms with van der Waals surface area (Å²) in [4.78, 5) is 19.6. The van der Waals surface area contributed by atoms with E-state index in [4.69, 9.17) is 0 Å². The Bertz CT molecular complexity index is 1090. The summed E-state index contributed by atoms with van der Waals surface area (Å²) >= 11 is 3.48. The first-order valence-electron chi connectivity index (χ1n) is 10.3. The Morgan fingerprint density at radius 3 is 2.47 bits per heavy atom. The fourth-order valence-corrected chi connectivity index (χ4v) is 5.97.